The van der Waals surface area contributed by atoms with Gasteiger partial charge in [-0.05, 0) is 84.2 Å². The maximum absolute atomic E-state index is 12.7. The minimum absolute atomic E-state index is 0.0579. The SMILES string of the molecule is O=C(N/N=C(\CCCCl)c1ccc2c(c1)CCCC2)c1cc2ccccc2cc1O. The minimum Gasteiger partial charge on any atom is -0.507 e. The first-order valence-electron chi connectivity index (χ1n) is 10.4. The summed E-state index contributed by atoms with van der Waals surface area (Å²) in [6.07, 6.45) is 6.11. The van der Waals surface area contributed by atoms with Crippen molar-refractivity contribution in [1.82, 2.24) is 5.43 Å². The summed E-state index contributed by atoms with van der Waals surface area (Å²) in [5, 5.41) is 16.5. The maximum Gasteiger partial charge on any atom is 0.275 e. The number of benzene rings is 3. The summed E-state index contributed by atoms with van der Waals surface area (Å²) >= 11 is 5.91. The van der Waals surface area contributed by atoms with Crippen molar-refractivity contribution < 1.29 is 9.90 Å². The Hall–Kier alpha value is -2.85. The van der Waals surface area contributed by atoms with E-state index in [9.17, 15) is 9.90 Å². The second kappa shape index (κ2) is 9.31. The summed E-state index contributed by atoms with van der Waals surface area (Å²) in [6, 6.07) is 17.4. The van der Waals surface area contributed by atoms with E-state index >= 15 is 0 Å². The summed E-state index contributed by atoms with van der Waals surface area (Å²) in [4.78, 5) is 12.7. The van der Waals surface area contributed by atoms with Gasteiger partial charge in [-0.25, -0.2) is 5.43 Å². The quantitative estimate of drug-likeness (QED) is 0.311. The van der Waals surface area contributed by atoms with Gasteiger partial charge in [-0.15, -0.1) is 11.6 Å². The van der Waals surface area contributed by atoms with Gasteiger partial charge in [-0.2, -0.15) is 5.10 Å². The van der Waals surface area contributed by atoms with Crippen molar-refractivity contribution in [2.24, 2.45) is 5.10 Å². The fraction of sp³-hybridized carbons (Fsp3) is 0.280. The average molecular weight is 421 g/mol. The van der Waals surface area contributed by atoms with Crippen LogP contribution in [-0.4, -0.2) is 22.6 Å². The molecule has 0 heterocycles. The Kier molecular flexibility index (Phi) is 6.34. The second-order valence-electron chi connectivity index (χ2n) is 7.70. The number of hydrogen-bond acceptors (Lipinski definition) is 3. The van der Waals surface area contributed by atoms with Crippen molar-refractivity contribution in [1.29, 1.82) is 0 Å². The largest absolute Gasteiger partial charge is 0.507 e. The molecule has 0 bridgehead atoms. The first kappa shape index (κ1) is 20.4. The van der Waals surface area contributed by atoms with Crippen LogP contribution in [0.2, 0.25) is 0 Å². The molecule has 0 saturated heterocycles. The van der Waals surface area contributed by atoms with E-state index in [2.05, 4.69) is 28.7 Å². The fourth-order valence-electron chi connectivity index (χ4n) is 4.00. The molecule has 1 aliphatic rings. The van der Waals surface area contributed by atoms with Crippen LogP contribution in [0.5, 0.6) is 5.75 Å². The van der Waals surface area contributed by atoms with Gasteiger partial charge in [0.15, 0.2) is 0 Å². The molecule has 1 aliphatic carbocycles. The third-order valence-electron chi connectivity index (χ3n) is 5.63. The third-order valence-corrected chi connectivity index (χ3v) is 5.90. The van der Waals surface area contributed by atoms with Gasteiger partial charge in [0.2, 0.25) is 0 Å². The highest BCUT2D eigenvalue weighted by Crippen LogP contribution is 2.25. The summed E-state index contributed by atoms with van der Waals surface area (Å²) in [7, 11) is 0. The Bertz CT molecular complexity index is 1110. The number of alkyl halides is 1. The number of hydrogen-bond donors (Lipinski definition) is 2. The van der Waals surface area contributed by atoms with E-state index in [4.69, 9.17) is 11.6 Å². The van der Waals surface area contributed by atoms with Gasteiger partial charge < -0.3 is 5.11 Å². The number of carbonyl (C=O) groups is 1. The van der Waals surface area contributed by atoms with E-state index in [0.29, 0.717) is 12.3 Å². The molecular weight excluding hydrogens is 396 g/mol. The zero-order valence-electron chi connectivity index (χ0n) is 16.8. The van der Waals surface area contributed by atoms with E-state index in [0.717, 1.165) is 41.3 Å². The third kappa shape index (κ3) is 4.49. The van der Waals surface area contributed by atoms with Crippen LogP contribution in [0.3, 0.4) is 0 Å². The van der Waals surface area contributed by atoms with Crippen molar-refractivity contribution >= 4 is 34.0 Å². The van der Waals surface area contributed by atoms with Crippen LogP contribution in [0.4, 0.5) is 0 Å². The topological polar surface area (TPSA) is 61.7 Å². The zero-order valence-corrected chi connectivity index (χ0v) is 17.6. The minimum atomic E-state index is -0.431. The molecule has 1 amide bonds. The normalized spacial score (nSPS) is 13.8. The maximum atomic E-state index is 12.7. The molecule has 0 radical (unpaired) electrons. The Morgan fingerprint density at radius 2 is 1.73 bits per heavy atom. The lowest BCUT2D eigenvalue weighted by atomic mass is 9.89. The van der Waals surface area contributed by atoms with Crippen molar-refractivity contribution in [3.63, 3.8) is 0 Å². The first-order valence-corrected chi connectivity index (χ1v) is 11.0. The Balaban J connectivity index is 1.60. The Morgan fingerprint density at radius 3 is 2.50 bits per heavy atom. The smallest absolute Gasteiger partial charge is 0.275 e. The lowest BCUT2D eigenvalue weighted by Crippen LogP contribution is -2.20. The first-order chi connectivity index (χ1) is 14.7. The van der Waals surface area contributed by atoms with E-state index in [1.807, 2.05) is 24.3 Å². The summed E-state index contributed by atoms with van der Waals surface area (Å²) < 4.78 is 0. The number of aryl methyl sites for hydroxylation is 2. The molecule has 0 aliphatic heterocycles. The van der Waals surface area contributed by atoms with Crippen LogP contribution in [0, 0.1) is 0 Å². The molecule has 0 atom stereocenters. The molecule has 0 fully saturated rings. The number of fused-ring (bicyclic) bond motifs is 2. The second-order valence-corrected chi connectivity index (χ2v) is 8.08. The average Bonchev–Trinajstić information content (AvgIpc) is 2.78. The van der Waals surface area contributed by atoms with Crippen LogP contribution >= 0.6 is 11.6 Å². The molecule has 0 aromatic heterocycles. The number of halogens is 1. The van der Waals surface area contributed by atoms with Crippen LogP contribution in [-0.2, 0) is 12.8 Å². The number of aromatic hydroxyl groups is 1. The van der Waals surface area contributed by atoms with Gasteiger partial charge in [0, 0.05) is 5.88 Å². The highest BCUT2D eigenvalue weighted by molar-refractivity contribution is 6.18. The van der Waals surface area contributed by atoms with E-state index in [1.54, 1.807) is 12.1 Å². The Morgan fingerprint density at radius 1 is 1.00 bits per heavy atom. The van der Waals surface area contributed by atoms with Crippen molar-refractivity contribution in [2.45, 2.75) is 38.5 Å². The number of phenols is 1. The number of rotatable bonds is 6. The van der Waals surface area contributed by atoms with E-state index < -0.39 is 5.91 Å². The van der Waals surface area contributed by atoms with Gasteiger partial charge >= 0.3 is 0 Å². The van der Waals surface area contributed by atoms with E-state index in [1.165, 1.54) is 24.0 Å². The lowest BCUT2D eigenvalue weighted by molar-refractivity contribution is 0.0952. The molecule has 154 valence electrons. The predicted molar refractivity (Wildman–Crippen MR) is 123 cm³/mol. The number of carbonyl (C=O) groups excluding carboxylic acids is 1. The van der Waals surface area contributed by atoms with Crippen LogP contribution in [0.25, 0.3) is 10.8 Å². The number of nitrogens with zero attached hydrogens (tertiary/aromatic N) is 1. The van der Waals surface area contributed by atoms with Gasteiger partial charge in [0.25, 0.3) is 5.91 Å². The molecule has 3 aromatic rings. The molecule has 0 saturated carbocycles. The highest BCUT2D eigenvalue weighted by Gasteiger charge is 2.15. The molecule has 5 heteroatoms. The van der Waals surface area contributed by atoms with E-state index in [-0.39, 0.29) is 11.3 Å². The van der Waals surface area contributed by atoms with Gasteiger partial charge in [0.1, 0.15) is 5.75 Å². The summed E-state index contributed by atoms with van der Waals surface area (Å²) in [5.41, 5.74) is 7.45. The summed E-state index contributed by atoms with van der Waals surface area (Å²) in [6.45, 7) is 0. The molecule has 0 unspecified atom stereocenters. The molecule has 2 N–H and O–H groups in total. The predicted octanol–water partition coefficient (Wildman–Crippen LogP) is 5.58. The highest BCUT2D eigenvalue weighted by atomic mass is 35.5. The Labute approximate surface area is 181 Å². The van der Waals surface area contributed by atoms with Crippen LogP contribution < -0.4 is 5.43 Å². The monoisotopic (exact) mass is 420 g/mol. The van der Waals surface area contributed by atoms with Crippen LogP contribution in [0.15, 0.2) is 59.7 Å². The number of nitrogens with one attached hydrogen (secondary N) is 1. The fourth-order valence-corrected chi connectivity index (χ4v) is 4.13. The molecule has 3 aromatic carbocycles. The number of phenolic OH excluding ortho intramolecular Hbond substituents is 1. The number of hydrazone groups is 1. The van der Waals surface area contributed by atoms with Gasteiger partial charge in [-0.3, -0.25) is 4.79 Å². The van der Waals surface area contributed by atoms with Crippen LogP contribution in [0.1, 0.15) is 52.7 Å². The van der Waals surface area contributed by atoms with Crippen molar-refractivity contribution in [3.05, 3.63) is 76.9 Å². The molecule has 4 rings (SSSR count). The standard InChI is InChI=1S/C25H25ClN2O2/c26-13-5-10-23(21-12-11-17-6-1-2-7-18(17)14-21)27-28-25(30)22-15-19-8-3-4-9-20(19)16-24(22)29/h3-4,8-9,11-12,14-16,29H,1-2,5-7,10,13H2,(H,28,30)/b27-23+. The lowest BCUT2D eigenvalue weighted by Gasteiger charge is -2.17. The number of amides is 1. The van der Waals surface area contributed by atoms with Crippen molar-refractivity contribution in [2.75, 3.05) is 5.88 Å². The summed E-state index contributed by atoms with van der Waals surface area (Å²) in [5.74, 6) is 0.0423. The zero-order chi connectivity index (χ0) is 20.9. The molecule has 4 nitrogen and oxygen atoms in total. The van der Waals surface area contributed by atoms with Crippen molar-refractivity contribution in [3.8, 4) is 5.75 Å². The molecular formula is C25H25ClN2O2. The molecule has 30 heavy (non-hydrogen) atoms. The van der Waals surface area contributed by atoms with Gasteiger partial charge in [0.05, 0.1) is 11.3 Å². The van der Waals surface area contributed by atoms with Gasteiger partial charge in [-0.1, -0.05) is 36.4 Å². The molecule has 0 spiro atoms.